The second-order valence-electron chi connectivity index (χ2n) is 4.03. The van der Waals surface area contributed by atoms with Crippen molar-refractivity contribution in [2.24, 2.45) is 5.73 Å². The summed E-state index contributed by atoms with van der Waals surface area (Å²) in [5, 5.41) is 4.30. The third kappa shape index (κ3) is 1.90. The summed E-state index contributed by atoms with van der Waals surface area (Å²) in [7, 11) is 0. The first-order chi connectivity index (χ1) is 8.54. The van der Waals surface area contributed by atoms with Gasteiger partial charge in [-0.25, -0.2) is 4.68 Å². The van der Waals surface area contributed by atoms with Crippen LogP contribution in [0.1, 0.15) is 32.1 Å². The molecule has 2 aromatic rings. The summed E-state index contributed by atoms with van der Waals surface area (Å²) in [4.78, 5) is 21.9. The predicted octanol–water partition coefficient (Wildman–Crippen LogP) is 1.40. The van der Waals surface area contributed by atoms with Gasteiger partial charge in [0.2, 0.25) is 5.91 Å². The average molecular weight is 243 g/mol. The molecule has 1 heterocycles. The fraction of sp³-hybridized carbons (Fsp3) is 0.154. The number of nitrogens with zero attached hydrogens (tertiary/aromatic N) is 2. The number of amides is 1. The van der Waals surface area contributed by atoms with E-state index >= 15 is 0 Å². The van der Waals surface area contributed by atoms with Crippen LogP contribution in [-0.4, -0.2) is 22.0 Å². The normalized spacial score (nSPS) is 10.3. The number of primary amides is 1. The molecule has 1 aromatic carbocycles. The van der Waals surface area contributed by atoms with E-state index in [2.05, 4.69) is 5.10 Å². The van der Waals surface area contributed by atoms with Crippen molar-refractivity contribution < 1.29 is 9.59 Å². The quantitative estimate of drug-likeness (QED) is 0.827. The highest BCUT2D eigenvalue weighted by Crippen LogP contribution is 2.16. The predicted molar refractivity (Wildman–Crippen MR) is 66.9 cm³/mol. The SMILES string of the molecule is Cc1nn(-c2ccc(C(N)=O)cc2)c(C)c1C=O. The van der Waals surface area contributed by atoms with Crippen molar-refractivity contribution in [3.8, 4) is 5.69 Å². The van der Waals surface area contributed by atoms with Gasteiger partial charge < -0.3 is 5.73 Å². The highest BCUT2D eigenvalue weighted by atomic mass is 16.1. The standard InChI is InChI=1S/C13H13N3O2/c1-8-12(7-17)9(2)16(15-8)11-5-3-10(4-6-11)13(14)18/h3-7H,1-2H3,(H2,14,18). The summed E-state index contributed by atoms with van der Waals surface area (Å²) in [5.41, 5.74) is 8.45. The van der Waals surface area contributed by atoms with E-state index in [1.807, 2.05) is 6.92 Å². The Morgan fingerprint density at radius 1 is 1.28 bits per heavy atom. The van der Waals surface area contributed by atoms with Crippen LogP contribution in [0.15, 0.2) is 24.3 Å². The third-order valence-electron chi connectivity index (χ3n) is 2.86. The van der Waals surface area contributed by atoms with Crippen LogP contribution in [-0.2, 0) is 0 Å². The molecule has 1 aromatic heterocycles. The smallest absolute Gasteiger partial charge is 0.248 e. The molecule has 0 saturated carbocycles. The van der Waals surface area contributed by atoms with Gasteiger partial charge in [-0.1, -0.05) is 0 Å². The molecule has 0 bridgehead atoms. The van der Waals surface area contributed by atoms with Gasteiger partial charge >= 0.3 is 0 Å². The Kier molecular flexibility index (Phi) is 2.97. The van der Waals surface area contributed by atoms with Crippen LogP contribution >= 0.6 is 0 Å². The summed E-state index contributed by atoms with van der Waals surface area (Å²) in [6, 6.07) is 6.76. The van der Waals surface area contributed by atoms with Crippen molar-refractivity contribution in [1.29, 1.82) is 0 Å². The molecule has 5 heteroatoms. The molecule has 1 amide bonds. The molecular formula is C13H13N3O2. The molecular weight excluding hydrogens is 230 g/mol. The molecule has 0 radical (unpaired) electrons. The van der Waals surface area contributed by atoms with Gasteiger partial charge in [0, 0.05) is 5.56 Å². The molecule has 18 heavy (non-hydrogen) atoms. The van der Waals surface area contributed by atoms with Gasteiger partial charge in [-0.05, 0) is 38.1 Å². The lowest BCUT2D eigenvalue weighted by atomic mass is 10.2. The van der Waals surface area contributed by atoms with E-state index in [9.17, 15) is 9.59 Å². The minimum Gasteiger partial charge on any atom is -0.366 e. The number of aldehydes is 1. The summed E-state index contributed by atoms with van der Waals surface area (Å²) < 4.78 is 1.67. The molecule has 0 unspecified atom stereocenters. The number of hydrogen-bond acceptors (Lipinski definition) is 3. The Hall–Kier alpha value is -2.43. The monoisotopic (exact) mass is 243 g/mol. The van der Waals surface area contributed by atoms with Crippen molar-refractivity contribution >= 4 is 12.2 Å². The van der Waals surface area contributed by atoms with Gasteiger partial charge in [-0.3, -0.25) is 9.59 Å². The Morgan fingerprint density at radius 2 is 1.89 bits per heavy atom. The average Bonchev–Trinajstić information content (AvgIpc) is 2.64. The van der Waals surface area contributed by atoms with Crippen LogP contribution in [0.3, 0.4) is 0 Å². The fourth-order valence-electron chi connectivity index (χ4n) is 1.84. The second kappa shape index (κ2) is 4.44. The van der Waals surface area contributed by atoms with Crippen LogP contribution in [0.5, 0.6) is 0 Å². The molecule has 2 N–H and O–H groups in total. The lowest BCUT2D eigenvalue weighted by molar-refractivity contribution is 0.1000. The van der Waals surface area contributed by atoms with Gasteiger partial charge in [-0.2, -0.15) is 5.10 Å². The molecule has 92 valence electrons. The largest absolute Gasteiger partial charge is 0.366 e. The Bertz CT molecular complexity index is 612. The maximum atomic E-state index is 11.0. The van der Waals surface area contributed by atoms with E-state index < -0.39 is 5.91 Å². The summed E-state index contributed by atoms with van der Waals surface area (Å²) >= 11 is 0. The van der Waals surface area contributed by atoms with Crippen LogP contribution in [0.25, 0.3) is 5.69 Å². The Balaban J connectivity index is 2.49. The number of aryl methyl sites for hydroxylation is 1. The number of hydrogen-bond donors (Lipinski definition) is 1. The highest BCUT2D eigenvalue weighted by Gasteiger charge is 2.12. The molecule has 0 aliphatic carbocycles. The lowest BCUT2D eigenvalue weighted by Gasteiger charge is -2.04. The van der Waals surface area contributed by atoms with Crippen LogP contribution < -0.4 is 5.73 Å². The van der Waals surface area contributed by atoms with Gasteiger partial charge in [-0.15, -0.1) is 0 Å². The van der Waals surface area contributed by atoms with Crippen LogP contribution in [0.4, 0.5) is 0 Å². The van der Waals surface area contributed by atoms with E-state index in [-0.39, 0.29) is 0 Å². The molecule has 0 spiro atoms. The zero-order chi connectivity index (χ0) is 13.3. The topological polar surface area (TPSA) is 78.0 Å². The van der Waals surface area contributed by atoms with Crippen molar-refractivity contribution in [3.05, 3.63) is 46.8 Å². The number of aromatic nitrogens is 2. The number of nitrogens with two attached hydrogens (primary N) is 1. The van der Waals surface area contributed by atoms with Gasteiger partial charge in [0.15, 0.2) is 6.29 Å². The maximum absolute atomic E-state index is 11.0. The first-order valence-electron chi connectivity index (χ1n) is 5.46. The van der Waals surface area contributed by atoms with E-state index in [1.165, 1.54) is 0 Å². The molecule has 0 aliphatic rings. The minimum atomic E-state index is -0.469. The third-order valence-corrected chi connectivity index (χ3v) is 2.86. The van der Waals surface area contributed by atoms with E-state index in [4.69, 9.17) is 5.73 Å². The first-order valence-corrected chi connectivity index (χ1v) is 5.46. The number of benzene rings is 1. The van der Waals surface area contributed by atoms with Crippen molar-refractivity contribution in [1.82, 2.24) is 9.78 Å². The van der Waals surface area contributed by atoms with Gasteiger partial charge in [0.1, 0.15) is 0 Å². The lowest BCUT2D eigenvalue weighted by Crippen LogP contribution is -2.11. The number of carbonyl (C=O) groups excluding carboxylic acids is 2. The van der Waals surface area contributed by atoms with Gasteiger partial charge in [0.05, 0.1) is 22.6 Å². The van der Waals surface area contributed by atoms with Crippen molar-refractivity contribution in [3.63, 3.8) is 0 Å². The minimum absolute atomic E-state index is 0.441. The molecule has 0 saturated heterocycles. The molecule has 2 rings (SSSR count). The van der Waals surface area contributed by atoms with Crippen LogP contribution in [0, 0.1) is 13.8 Å². The zero-order valence-corrected chi connectivity index (χ0v) is 10.2. The summed E-state index contributed by atoms with van der Waals surface area (Å²) in [6.45, 7) is 3.61. The van der Waals surface area contributed by atoms with E-state index in [0.29, 0.717) is 16.8 Å². The first kappa shape index (κ1) is 12.0. The van der Waals surface area contributed by atoms with Crippen LogP contribution in [0.2, 0.25) is 0 Å². The number of rotatable bonds is 3. The molecule has 0 fully saturated rings. The fourth-order valence-corrected chi connectivity index (χ4v) is 1.84. The van der Waals surface area contributed by atoms with E-state index in [0.717, 1.165) is 17.7 Å². The summed E-state index contributed by atoms with van der Waals surface area (Å²) in [6.07, 6.45) is 0.798. The number of carbonyl (C=O) groups is 2. The van der Waals surface area contributed by atoms with Gasteiger partial charge in [0.25, 0.3) is 0 Å². The molecule has 5 nitrogen and oxygen atoms in total. The van der Waals surface area contributed by atoms with E-state index in [1.54, 1.807) is 35.9 Å². The highest BCUT2D eigenvalue weighted by molar-refractivity contribution is 5.92. The second-order valence-corrected chi connectivity index (χ2v) is 4.03. The summed E-state index contributed by atoms with van der Waals surface area (Å²) in [5.74, 6) is -0.469. The van der Waals surface area contributed by atoms with Crippen molar-refractivity contribution in [2.45, 2.75) is 13.8 Å². The maximum Gasteiger partial charge on any atom is 0.248 e. The molecule has 0 aliphatic heterocycles. The Labute approximate surface area is 104 Å². The Morgan fingerprint density at radius 3 is 2.33 bits per heavy atom. The van der Waals surface area contributed by atoms with Crippen molar-refractivity contribution in [2.75, 3.05) is 0 Å². The molecule has 0 atom stereocenters. The zero-order valence-electron chi connectivity index (χ0n) is 10.2.